The predicted molar refractivity (Wildman–Crippen MR) is 57.8 cm³/mol. The van der Waals surface area contributed by atoms with E-state index >= 15 is 0 Å². The number of rotatable bonds is 6. The summed E-state index contributed by atoms with van der Waals surface area (Å²) >= 11 is 0. The van der Waals surface area contributed by atoms with Crippen LogP contribution in [0.3, 0.4) is 0 Å². The van der Waals surface area contributed by atoms with Crippen molar-refractivity contribution in [2.75, 3.05) is 6.61 Å². The van der Waals surface area contributed by atoms with Crippen molar-refractivity contribution in [3.63, 3.8) is 0 Å². The zero-order chi connectivity index (χ0) is 10.3. The summed E-state index contributed by atoms with van der Waals surface area (Å²) in [5.41, 5.74) is 5.84. The van der Waals surface area contributed by atoms with Crippen molar-refractivity contribution >= 4 is 0 Å². The van der Waals surface area contributed by atoms with E-state index in [1.165, 1.54) is 19.3 Å². The van der Waals surface area contributed by atoms with Gasteiger partial charge in [-0.3, -0.25) is 0 Å². The molecule has 0 bridgehead atoms. The topological polar surface area (TPSA) is 35.2 Å². The SMILES string of the molecule is CCCCCC(N)COC(C)(C)C. The van der Waals surface area contributed by atoms with Crippen molar-refractivity contribution in [3.8, 4) is 0 Å². The van der Waals surface area contributed by atoms with Gasteiger partial charge in [0.05, 0.1) is 12.2 Å². The first-order chi connectivity index (χ1) is 5.95. The molecular formula is C11H25NO. The molecule has 0 heterocycles. The molecule has 2 N–H and O–H groups in total. The van der Waals surface area contributed by atoms with Crippen LogP contribution in [-0.4, -0.2) is 18.2 Å². The van der Waals surface area contributed by atoms with Gasteiger partial charge in [-0.1, -0.05) is 26.2 Å². The second-order valence-electron chi connectivity index (χ2n) is 4.68. The van der Waals surface area contributed by atoms with Gasteiger partial charge < -0.3 is 10.5 Å². The van der Waals surface area contributed by atoms with Crippen molar-refractivity contribution in [1.82, 2.24) is 0 Å². The quantitative estimate of drug-likeness (QED) is 0.649. The predicted octanol–water partition coefficient (Wildman–Crippen LogP) is 2.71. The Kier molecular flexibility index (Phi) is 6.35. The third kappa shape index (κ3) is 9.84. The molecule has 1 unspecified atom stereocenters. The van der Waals surface area contributed by atoms with Crippen molar-refractivity contribution in [2.45, 2.75) is 65.0 Å². The fourth-order valence-corrected chi connectivity index (χ4v) is 1.10. The van der Waals surface area contributed by atoms with Crippen molar-refractivity contribution in [3.05, 3.63) is 0 Å². The lowest BCUT2D eigenvalue weighted by Gasteiger charge is -2.22. The Hall–Kier alpha value is -0.0800. The van der Waals surface area contributed by atoms with Crippen LogP contribution in [0.25, 0.3) is 0 Å². The lowest BCUT2D eigenvalue weighted by Crippen LogP contribution is -2.31. The molecular weight excluding hydrogens is 162 g/mol. The van der Waals surface area contributed by atoms with Crippen LogP contribution >= 0.6 is 0 Å². The minimum atomic E-state index is -0.0532. The Balaban J connectivity index is 3.35. The molecule has 0 rings (SSSR count). The average Bonchev–Trinajstić information content (AvgIpc) is 2.00. The largest absolute Gasteiger partial charge is 0.374 e. The highest BCUT2D eigenvalue weighted by molar-refractivity contribution is 4.65. The van der Waals surface area contributed by atoms with Gasteiger partial charge in [0.15, 0.2) is 0 Å². The number of unbranched alkanes of at least 4 members (excludes halogenated alkanes) is 2. The lowest BCUT2D eigenvalue weighted by atomic mass is 10.1. The summed E-state index contributed by atoms with van der Waals surface area (Å²) in [7, 11) is 0. The van der Waals surface area contributed by atoms with Crippen LogP contribution in [0.5, 0.6) is 0 Å². The van der Waals surface area contributed by atoms with Gasteiger partial charge in [0.25, 0.3) is 0 Å². The molecule has 0 spiro atoms. The molecule has 0 amide bonds. The van der Waals surface area contributed by atoms with E-state index in [1.807, 2.05) is 0 Å². The minimum absolute atomic E-state index is 0.0532. The molecule has 0 saturated carbocycles. The molecule has 0 saturated heterocycles. The fourth-order valence-electron chi connectivity index (χ4n) is 1.10. The van der Waals surface area contributed by atoms with Crippen LogP contribution < -0.4 is 5.73 Å². The number of hydrogen-bond acceptors (Lipinski definition) is 2. The molecule has 0 radical (unpaired) electrons. The van der Waals surface area contributed by atoms with E-state index in [0.717, 1.165) is 6.42 Å². The first-order valence-corrected chi connectivity index (χ1v) is 5.35. The van der Waals surface area contributed by atoms with Crippen molar-refractivity contribution < 1.29 is 4.74 Å². The van der Waals surface area contributed by atoms with Crippen LogP contribution in [-0.2, 0) is 4.74 Å². The van der Waals surface area contributed by atoms with Crippen LogP contribution in [0.2, 0.25) is 0 Å². The van der Waals surface area contributed by atoms with Gasteiger partial charge in [-0.15, -0.1) is 0 Å². The second-order valence-corrected chi connectivity index (χ2v) is 4.68. The Bertz CT molecular complexity index is 118. The Morgan fingerprint density at radius 1 is 1.23 bits per heavy atom. The highest BCUT2D eigenvalue weighted by Gasteiger charge is 2.12. The van der Waals surface area contributed by atoms with E-state index in [-0.39, 0.29) is 11.6 Å². The number of ether oxygens (including phenoxy) is 1. The Morgan fingerprint density at radius 3 is 2.31 bits per heavy atom. The zero-order valence-corrected chi connectivity index (χ0v) is 9.60. The maximum absolute atomic E-state index is 5.90. The van der Waals surface area contributed by atoms with Crippen LogP contribution in [0, 0.1) is 0 Å². The lowest BCUT2D eigenvalue weighted by molar-refractivity contribution is -0.0110. The van der Waals surface area contributed by atoms with Crippen LogP contribution in [0.1, 0.15) is 53.4 Å². The first-order valence-electron chi connectivity index (χ1n) is 5.35. The normalized spacial score (nSPS) is 14.5. The number of nitrogens with two attached hydrogens (primary N) is 1. The third-order valence-corrected chi connectivity index (χ3v) is 1.91. The van der Waals surface area contributed by atoms with E-state index < -0.39 is 0 Å². The van der Waals surface area contributed by atoms with Gasteiger partial charge in [-0.05, 0) is 27.2 Å². The smallest absolute Gasteiger partial charge is 0.0624 e. The standard InChI is InChI=1S/C11H25NO/c1-5-6-7-8-10(12)9-13-11(2,3)4/h10H,5-9,12H2,1-4H3. The summed E-state index contributed by atoms with van der Waals surface area (Å²) in [5.74, 6) is 0. The molecule has 13 heavy (non-hydrogen) atoms. The summed E-state index contributed by atoms with van der Waals surface area (Å²) in [5, 5.41) is 0. The first kappa shape index (κ1) is 12.9. The van der Waals surface area contributed by atoms with E-state index in [9.17, 15) is 0 Å². The molecule has 2 nitrogen and oxygen atoms in total. The van der Waals surface area contributed by atoms with Gasteiger partial charge >= 0.3 is 0 Å². The van der Waals surface area contributed by atoms with E-state index in [1.54, 1.807) is 0 Å². The average molecular weight is 187 g/mol. The zero-order valence-electron chi connectivity index (χ0n) is 9.60. The van der Waals surface area contributed by atoms with Crippen LogP contribution in [0.15, 0.2) is 0 Å². The molecule has 0 aromatic heterocycles. The van der Waals surface area contributed by atoms with Gasteiger partial charge in [-0.2, -0.15) is 0 Å². The van der Waals surface area contributed by atoms with E-state index in [0.29, 0.717) is 6.61 Å². The van der Waals surface area contributed by atoms with Crippen LogP contribution in [0.4, 0.5) is 0 Å². The summed E-state index contributed by atoms with van der Waals surface area (Å²) in [6.07, 6.45) is 4.85. The maximum Gasteiger partial charge on any atom is 0.0624 e. The van der Waals surface area contributed by atoms with Gasteiger partial charge in [-0.25, -0.2) is 0 Å². The summed E-state index contributed by atoms with van der Waals surface area (Å²) in [4.78, 5) is 0. The monoisotopic (exact) mass is 187 g/mol. The molecule has 1 atom stereocenters. The molecule has 0 aliphatic rings. The van der Waals surface area contributed by atoms with Crippen molar-refractivity contribution in [1.29, 1.82) is 0 Å². The molecule has 0 aromatic carbocycles. The Labute approximate surface area is 82.8 Å². The fraction of sp³-hybridized carbons (Fsp3) is 1.00. The highest BCUT2D eigenvalue weighted by Crippen LogP contribution is 2.09. The van der Waals surface area contributed by atoms with Crippen molar-refractivity contribution in [2.24, 2.45) is 5.73 Å². The highest BCUT2D eigenvalue weighted by atomic mass is 16.5. The molecule has 80 valence electrons. The molecule has 0 aromatic rings. The van der Waals surface area contributed by atoms with Gasteiger partial charge in [0.1, 0.15) is 0 Å². The van der Waals surface area contributed by atoms with E-state index in [4.69, 9.17) is 10.5 Å². The Morgan fingerprint density at radius 2 is 1.85 bits per heavy atom. The summed E-state index contributed by atoms with van der Waals surface area (Å²) in [6.45, 7) is 9.08. The molecule has 0 aliphatic carbocycles. The third-order valence-electron chi connectivity index (χ3n) is 1.91. The summed E-state index contributed by atoms with van der Waals surface area (Å²) in [6, 6.07) is 0.214. The second kappa shape index (κ2) is 6.39. The van der Waals surface area contributed by atoms with E-state index in [2.05, 4.69) is 27.7 Å². The van der Waals surface area contributed by atoms with Gasteiger partial charge in [0, 0.05) is 6.04 Å². The minimum Gasteiger partial charge on any atom is -0.374 e. The maximum atomic E-state index is 5.90. The molecule has 0 aliphatic heterocycles. The number of hydrogen-bond donors (Lipinski definition) is 1. The molecule has 2 heteroatoms. The summed E-state index contributed by atoms with van der Waals surface area (Å²) < 4.78 is 5.60. The molecule has 0 fully saturated rings. The van der Waals surface area contributed by atoms with Gasteiger partial charge in [0.2, 0.25) is 0 Å².